The third-order valence-electron chi connectivity index (χ3n) is 6.69. The van der Waals surface area contributed by atoms with Gasteiger partial charge in [0, 0.05) is 13.1 Å². The third-order valence-corrected chi connectivity index (χ3v) is 6.69. The number of methoxy groups -OCH3 is 3. The number of benzene rings is 3. The second kappa shape index (κ2) is 13.2. The van der Waals surface area contributed by atoms with Crippen LogP contribution in [0.15, 0.2) is 67.0 Å². The van der Waals surface area contributed by atoms with E-state index in [4.69, 9.17) is 9.47 Å². The van der Waals surface area contributed by atoms with Gasteiger partial charge in [0.15, 0.2) is 11.5 Å². The number of ether oxygens (including phenoxy) is 3. The van der Waals surface area contributed by atoms with Crippen molar-refractivity contribution in [3.8, 4) is 11.5 Å². The van der Waals surface area contributed by atoms with E-state index in [9.17, 15) is 15.0 Å². The number of hydrogen-bond acceptors (Lipinski definition) is 8. The minimum Gasteiger partial charge on any atom is -0.497 e. The van der Waals surface area contributed by atoms with Gasteiger partial charge in [0.25, 0.3) is 0 Å². The highest BCUT2D eigenvalue weighted by Crippen LogP contribution is 2.32. The number of rotatable bonds is 12. The molecule has 0 aliphatic carbocycles. The molecule has 0 amide bonds. The number of nitrogens with zero attached hydrogens (tertiary/aromatic N) is 3. The summed E-state index contributed by atoms with van der Waals surface area (Å²) in [5.41, 5.74) is 1.14. The maximum Gasteiger partial charge on any atom is 0.358 e. The van der Waals surface area contributed by atoms with Crippen LogP contribution in [0.4, 0.5) is 14.5 Å². The van der Waals surface area contributed by atoms with Crippen LogP contribution in [-0.2, 0) is 31.0 Å². The molecule has 2 N–H and O–H groups in total. The molecule has 0 saturated heterocycles. The lowest BCUT2D eigenvalue weighted by atomic mass is 10.0. The number of imidazole rings is 1. The molecule has 41 heavy (non-hydrogen) atoms. The quantitative estimate of drug-likeness (QED) is 0.243. The molecule has 216 valence electrons. The molecular weight excluding hydrogens is 536 g/mol. The van der Waals surface area contributed by atoms with E-state index in [0.717, 1.165) is 24.3 Å². The maximum absolute atomic E-state index is 16.1. The van der Waals surface area contributed by atoms with Gasteiger partial charge in [0.1, 0.15) is 23.4 Å². The Kier molecular flexibility index (Phi) is 9.53. The summed E-state index contributed by atoms with van der Waals surface area (Å²) in [6, 6.07) is 17.0. The first-order chi connectivity index (χ1) is 19.8. The fourth-order valence-corrected chi connectivity index (χ4v) is 4.51. The van der Waals surface area contributed by atoms with Crippen LogP contribution in [-0.4, -0.2) is 47.1 Å². The molecule has 1 aromatic heterocycles. The van der Waals surface area contributed by atoms with Crippen molar-refractivity contribution in [3.63, 3.8) is 0 Å². The Morgan fingerprint density at radius 1 is 0.927 bits per heavy atom. The number of aliphatic hydroxyl groups excluding tert-OH is 2. The Bertz CT molecular complexity index is 1430. The highest BCUT2D eigenvalue weighted by Gasteiger charge is 2.26. The van der Waals surface area contributed by atoms with Crippen LogP contribution in [0.3, 0.4) is 0 Å². The zero-order valence-electron chi connectivity index (χ0n) is 22.9. The standard InChI is InChI=1S/C30H31F2N3O6/c1-39-21-8-4-19(5-9-21)14-34(15-20-6-10-22(40-2)11-7-20)24-13-12-23(31)27(28(24)32)26(37)16-35-18-33-29(25(35)17-36)30(38)41-3/h4-13,18,26,36-37H,14-17H2,1-3H3. The second-order valence-corrected chi connectivity index (χ2v) is 9.20. The number of carbonyl (C=O) groups is 1. The van der Waals surface area contributed by atoms with Crippen molar-refractivity contribution < 1.29 is 38.0 Å². The molecule has 1 unspecified atom stereocenters. The monoisotopic (exact) mass is 567 g/mol. The van der Waals surface area contributed by atoms with Gasteiger partial charge >= 0.3 is 5.97 Å². The van der Waals surface area contributed by atoms with Gasteiger partial charge < -0.3 is 33.9 Å². The van der Waals surface area contributed by atoms with Crippen LogP contribution in [0, 0.1) is 11.6 Å². The summed E-state index contributed by atoms with van der Waals surface area (Å²) in [5, 5.41) is 20.8. The zero-order valence-corrected chi connectivity index (χ0v) is 22.9. The Morgan fingerprint density at radius 3 is 1.98 bits per heavy atom. The predicted octanol–water partition coefficient (Wildman–Crippen LogP) is 4.40. The number of halogens is 2. The van der Waals surface area contributed by atoms with E-state index in [1.54, 1.807) is 43.4 Å². The molecule has 3 aromatic carbocycles. The molecule has 4 rings (SSSR count). The van der Waals surface area contributed by atoms with E-state index in [1.807, 2.05) is 24.3 Å². The van der Waals surface area contributed by atoms with E-state index < -0.39 is 35.9 Å². The van der Waals surface area contributed by atoms with E-state index in [-0.39, 0.29) is 36.7 Å². The van der Waals surface area contributed by atoms with Crippen molar-refractivity contribution in [1.29, 1.82) is 0 Å². The van der Waals surface area contributed by atoms with Crippen LogP contribution >= 0.6 is 0 Å². The van der Waals surface area contributed by atoms with E-state index in [2.05, 4.69) is 9.72 Å². The maximum atomic E-state index is 16.1. The summed E-state index contributed by atoms with van der Waals surface area (Å²) in [4.78, 5) is 17.6. The lowest BCUT2D eigenvalue weighted by molar-refractivity contribution is 0.0589. The summed E-state index contributed by atoms with van der Waals surface area (Å²) in [6.07, 6.45) is -0.468. The fourth-order valence-electron chi connectivity index (χ4n) is 4.51. The molecule has 0 spiro atoms. The minimum atomic E-state index is -1.66. The van der Waals surface area contributed by atoms with Crippen molar-refractivity contribution in [2.24, 2.45) is 0 Å². The van der Waals surface area contributed by atoms with E-state index >= 15 is 8.78 Å². The van der Waals surface area contributed by atoms with Gasteiger partial charge in [-0.1, -0.05) is 24.3 Å². The van der Waals surface area contributed by atoms with Crippen molar-refractivity contribution in [2.75, 3.05) is 26.2 Å². The molecule has 0 bridgehead atoms. The van der Waals surface area contributed by atoms with Gasteiger partial charge in [-0.25, -0.2) is 18.6 Å². The Morgan fingerprint density at radius 2 is 1.49 bits per heavy atom. The van der Waals surface area contributed by atoms with Gasteiger partial charge in [-0.15, -0.1) is 0 Å². The van der Waals surface area contributed by atoms with Gasteiger partial charge in [-0.05, 0) is 47.5 Å². The van der Waals surface area contributed by atoms with Crippen LogP contribution in [0.1, 0.15) is 39.0 Å². The van der Waals surface area contributed by atoms with Crippen molar-refractivity contribution in [1.82, 2.24) is 9.55 Å². The Labute approximate surface area is 236 Å². The summed E-state index contributed by atoms with van der Waals surface area (Å²) in [7, 11) is 4.29. The van der Waals surface area contributed by atoms with Gasteiger partial charge in [-0.2, -0.15) is 0 Å². The average Bonchev–Trinajstić information content (AvgIpc) is 3.39. The van der Waals surface area contributed by atoms with Gasteiger partial charge in [0.05, 0.1) is 57.8 Å². The minimum absolute atomic E-state index is 0.0495. The molecule has 1 atom stereocenters. The highest BCUT2D eigenvalue weighted by molar-refractivity contribution is 5.88. The molecule has 4 aromatic rings. The average molecular weight is 568 g/mol. The number of aliphatic hydroxyl groups is 2. The molecule has 1 heterocycles. The molecular formula is C30H31F2N3O6. The number of esters is 1. The van der Waals surface area contributed by atoms with Crippen molar-refractivity contribution in [2.45, 2.75) is 32.3 Å². The lowest BCUT2D eigenvalue weighted by Crippen LogP contribution is -2.24. The molecule has 0 aliphatic heterocycles. The number of anilines is 1. The second-order valence-electron chi connectivity index (χ2n) is 9.20. The summed E-state index contributed by atoms with van der Waals surface area (Å²) in [6.45, 7) is -0.423. The van der Waals surface area contributed by atoms with Gasteiger partial charge in [0.2, 0.25) is 0 Å². The molecule has 11 heteroatoms. The van der Waals surface area contributed by atoms with Crippen LogP contribution < -0.4 is 14.4 Å². The number of hydrogen-bond donors (Lipinski definition) is 2. The topological polar surface area (TPSA) is 106 Å². The zero-order chi connectivity index (χ0) is 29.5. The SMILES string of the molecule is COC(=O)c1ncn(CC(O)c2c(F)ccc(N(Cc3ccc(OC)cc3)Cc3ccc(OC)cc3)c2F)c1CO. The molecule has 0 aliphatic rings. The lowest BCUT2D eigenvalue weighted by Gasteiger charge is -2.27. The van der Waals surface area contributed by atoms with Crippen LogP contribution in [0.25, 0.3) is 0 Å². The summed E-state index contributed by atoms with van der Waals surface area (Å²) in [5.74, 6) is -1.31. The van der Waals surface area contributed by atoms with Crippen LogP contribution in [0.2, 0.25) is 0 Å². The first kappa shape index (κ1) is 29.5. The normalized spacial score (nSPS) is 11.7. The molecule has 0 fully saturated rings. The number of aromatic nitrogens is 2. The summed E-state index contributed by atoms with van der Waals surface area (Å²) >= 11 is 0. The van der Waals surface area contributed by atoms with E-state index in [1.165, 1.54) is 17.0 Å². The molecule has 0 saturated carbocycles. The Hall–Kier alpha value is -4.48. The Balaban J connectivity index is 1.69. The third kappa shape index (κ3) is 6.64. The molecule has 0 radical (unpaired) electrons. The smallest absolute Gasteiger partial charge is 0.358 e. The van der Waals surface area contributed by atoms with E-state index in [0.29, 0.717) is 11.5 Å². The largest absolute Gasteiger partial charge is 0.497 e. The van der Waals surface area contributed by atoms with Crippen molar-refractivity contribution in [3.05, 3.63) is 107 Å². The predicted molar refractivity (Wildman–Crippen MR) is 147 cm³/mol. The van der Waals surface area contributed by atoms with Gasteiger partial charge in [-0.3, -0.25) is 0 Å². The fraction of sp³-hybridized carbons (Fsp3) is 0.267. The van der Waals surface area contributed by atoms with Crippen LogP contribution in [0.5, 0.6) is 11.5 Å². The molecule has 9 nitrogen and oxygen atoms in total. The first-order valence-electron chi connectivity index (χ1n) is 12.7. The number of carbonyl (C=O) groups excluding carboxylic acids is 1. The first-order valence-corrected chi connectivity index (χ1v) is 12.7. The summed E-state index contributed by atoms with van der Waals surface area (Å²) < 4.78 is 47.5. The highest BCUT2D eigenvalue weighted by atomic mass is 19.1. The van der Waals surface area contributed by atoms with Crippen molar-refractivity contribution >= 4 is 11.7 Å².